The van der Waals surface area contributed by atoms with Crippen LogP contribution in [0.4, 0.5) is 0 Å². The number of nitrogens with zero attached hydrogens (tertiary/aromatic N) is 1. The summed E-state index contributed by atoms with van der Waals surface area (Å²) in [5, 5.41) is 0. The van der Waals surface area contributed by atoms with Gasteiger partial charge in [-0.1, -0.05) is 36.4 Å². The van der Waals surface area contributed by atoms with E-state index in [9.17, 15) is 8.42 Å². The highest BCUT2D eigenvalue weighted by molar-refractivity contribution is 7.91. The van der Waals surface area contributed by atoms with Gasteiger partial charge in [0.25, 0.3) is 0 Å². The number of benzene rings is 2. The quantitative estimate of drug-likeness (QED) is 0.566. The van der Waals surface area contributed by atoms with E-state index in [0.717, 1.165) is 23.4 Å². The maximum absolute atomic E-state index is 12.2. The molecule has 0 bridgehead atoms. The molecular weight excluding hydrogens is 346 g/mol. The Morgan fingerprint density at radius 3 is 2.46 bits per heavy atom. The highest BCUT2D eigenvalue weighted by Gasteiger charge is 2.13. The smallest absolute Gasteiger partial charge is 0.178 e. The molecule has 0 atom stereocenters. The molecule has 0 radical (unpaired) electrons. The molecule has 134 valence electrons. The summed E-state index contributed by atoms with van der Waals surface area (Å²) in [5.74, 6) is 0.820. The van der Waals surface area contributed by atoms with Gasteiger partial charge in [-0.05, 0) is 48.4 Å². The molecule has 0 saturated heterocycles. The number of hydrogen-bond acceptors (Lipinski definition) is 4. The van der Waals surface area contributed by atoms with Crippen LogP contribution in [0, 0.1) is 0 Å². The minimum Gasteiger partial charge on any atom is -0.494 e. The van der Waals surface area contributed by atoms with E-state index in [1.807, 2.05) is 42.5 Å². The van der Waals surface area contributed by atoms with Gasteiger partial charge in [0, 0.05) is 18.3 Å². The summed E-state index contributed by atoms with van der Waals surface area (Å²) in [4.78, 5) is 4.69. The SMILES string of the molecule is O=S(=O)(CCCOc1cccc(Cc2ccccn2)c1)c1ccccc1. The van der Waals surface area contributed by atoms with Crippen molar-refractivity contribution in [2.45, 2.75) is 17.7 Å². The zero-order valence-electron chi connectivity index (χ0n) is 14.4. The van der Waals surface area contributed by atoms with Crippen LogP contribution in [0.3, 0.4) is 0 Å². The average molecular weight is 367 g/mol. The van der Waals surface area contributed by atoms with Crippen molar-refractivity contribution in [1.29, 1.82) is 0 Å². The largest absolute Gasteiger partial charge is 0.494 e. The molecule has 0 amide bonds. The standard InChI is InChI=1S/C21H21NO3S/c23-26(24,21-11-2-1-3-12-21)15-7-14-25-20-10-6-8-18(17-20)16-19-9-4-5-13-22-19/h1-6,8-13,17H,7,14-16H2. The van der Waals surface area contributed by atoms with Gasteiger partial charge in [-0.15, -0.1) is 0 Å². The van der Waals surface area contributed by atoms with Gasteiger partial charge in [0.15, 0.2) is 9.84 Å². The van der Waals surface area contributed by atoms with Gasteiger partial charge in [0.2, 0.25) is 0 Å². The molecular formula is C21H21NO3S. The summed E-state index contributed by atoms with van der Waals surface area (Å²) in [6.07, 6.45) is 2.96. The van der Waals surface area contributed by atoms with Crippen molar-refractivity contribution in [3.8, 4) is 5.75 Å². The zero-order chi connectivity index (χ0) is 18.2. The fourth-order valence-corrected chi connectivity index (χ4v) is 3.95. The second-order valence-electron chi connectivity index (χ2n) is 5.98. The maximum Gasteiger partial charge on any atom is 0.178 e. The maximum atomic E-state index is 12.2. The predicted molar refractivity (Wildman–Crippen MR) is 102 cm³/mol. The molecule has 0 N–H and O–H groups in total. The normalized spacial score (nSPS) is 11.2. The third-order valence-electron chi connectivity index (χ3n) is 3.94. The van der Waals surface area contributed by atoms with Crippen LogP contribution in [0.25, 0.3) is 0 Å². The van der Waals surface area contributed by atoms with Crippen molar-refractivity contribution in [1.82, 2.24) is 4.98 Å². The van der Waals surface area contributed by atoms with Crippen molar-refractivity contribution in [2.75, 3.05) is 12.4 Å². The molecule has 3 rings (SSSR count). The van der Waals surface area contributed by atoms with Gasteiger partial charge in [-0.2, -0.15) is 0 Å². The molecule has 1 heterocycles. The lowest BCUT2D eigenvalue weighted by Gasteiger charge is -2.09. The lowest BCUT2D eigenvalue weighted by atomic mass is 10.1. The van der Waals surface area contributed by atoms with E-state index in [1.165, 1.54) is 0 Å². The molecule has 0 unspecified atom stereocenters. The van der Waals surface area contributed by atoms with E-state index in [-0.39, 0.29) is 5.75 Å². The number of hydrogen-bond donors (Lipinski definition) is 0. The van der Waals surface area contributed by atoms with E-state index in [0.29, 0.717) is 17.9 Å². The van der Waals surface area contributed by atoms with Crippen LogP contribution in [0.15, 0.2) is 83.9 Å². The minimum absolute atomic E-state index is 0.0740. The molecule has 26 heavy (non-hydrogen) atoms. The number of rotatable bonds is 8. The Hall–Kier alpha value is -2.66. The molecule has 0 fully saturated rings. The third kappa shape index (κ3) is 5.17. The number of aromatic nitrogens is 1. The van der Waals surface area contributed by atoms with E-state index in [1.54, 1.807) is 36.5 Å². The van der Waals surface area contributed by atoms with E-state index in [2.05, 4.69) is 4.98 Å². The predicted octanol–water partition coefficient (Wildman–Crippen LogP) is 3.92. The monoisotopic (exact) mass is 367 g/mol. The van der Waals surface area contributed by atoms with Gasteiger partial charge in [-0.25, -0.2) is 8.42 Å². The first-order valence-electron chi connectivity index (χ1n) is 8.53. The summed E-state index contributed by atoms with van der Waals surface area (Å²) in [7, 11) is -3.25. The summed E-state index contributed by atoms with van der Waals surface area (Å²) < 4.78 is 30.2. The fraction of sp³-hybridized carbons (Fsp3) is 0.190. The molecule has 1 aromatic heterocycles. The number of pyridine rings is 1. The van der Waals surface area contributed by atoms with E-state index in [4.69, 9.17) is 4.74 Å². The second-order valence-corrected chi connectivity index (χ2v) is 8.09. The fourth-order valence-electron chi connectivity index (χ4n) is 2.64. The van der Waals surface area contributed by atoms with Gasteiger partial charge < -0.3 is 4.74 Å². The summed E-state index contributed by atoms with van der Waals surface area (Å²) in [6, 6.07) is 22.2. The topological polar surface area (TPSA) is 56.3 Å². The Bertz CT molecular complexity index is 926. The van der Waals surface area contributed by atoms with Crippen molar-refractivity contribution in [2.24, 2.45) is 0 Å². The summed E-state index contributed by atoms with van der Waals surface area (Å²) in [6.45, 7) is 0.360. The zero-order valence-corrected chi connectivity index (χ0v) is 15.2. The van der Waals surface area contributed by atoms with Crippen LogP contribution in [0.5, 0.6) is 5.75 Å². The Morgan fingerprint density at radius 2 is 1.69 bits per heavy atom. The van der Waals surface area contributed by atoms with Gasteiger partial charge in [-0.3, -0.25) is 4.98 Å². The van der Waals surface area contributed by atoms with Crippen LogP contribution in [0.1, 0.15) is 17.7 Å². The molecule has 4 nitrogen and oxygen atoms in total. The molecule has 0 aliphatic rings. The van der Waals surface area contributed by atoms with Crippen LogP contribution < -0.4 is 4.74 Å². The third-order valence-corrected chi connectivity index (χ3v) is 5.75. The highest BCUT2D eigenvalue weighted by Crippen LogP contribution is 2.17. The molecule has 3 aromatic rings. The van der Waals surface area contributed by atoms with Gasteiger partial charge in [0.1, 0.15) is 5.75 Å². The van der Waals surface area contributed by atoms with Crippen molar-refractivity contribution in [3.05, 3.63) is 90.3 Å². The van der Waals surface area contributed by atoms with Gasteiger partial charge in [0.05, 0.1) is 17.3 Å². The van der Waals surface area contributed by atoms with E-state index < -0.39 is 9.84 Å². The lowest BCUT2D eigenvalue weighted by molar-refractivity contribution is 0.317. The van der Waals surface area contributed by atoms with Crippen molar-refractivity contribution >= 4 is 9.84 Å². The molecule has 0 saturated carbocycles. The van der Waals surface area contributed by atoms with Crippen LogP contribution >= 0.6 is 0 Å². The van der Waals surface area contributed by atoms with Crippen LogP contribution in [0.2, 0.25) is 0 Å². The Labute approximate surface area is 154 Å². The first-order chi connectivity index (χ1) is 12.6. The first-order valence-corrected chi connectivity index (χ1v) is 10.2. The van der Waals surface area contributed by atoms with Crippen molar-refractivity contribution < 1.29 is 13.2 Å². The molecule has 2 aromatic carbocycles. The van der Waals surface area contributed by atoms with Crippen LogP contribution in [-0.2, 0) is 16.3 Å². The summed E-state index contributed by atoms with van der Waals surface area (Å²) in [5.41, 5.74) is 2.11. The Balaban J connectivity index is 1.52. The number of ether oxygens (including phenoxy) is 1. The van der Waals surface area contributed by atoms with Crippen molar-refractivity contribution in [3.63, 3.8) is 0 Å². The van der Waals surface area contributed by atoms with E-state index >= 15 is 0 Å². The minimum atomic E-state index is -3.25. The summed E-state index contributed by atoms with van der Waals surface area (Å²) >= 11 is 0. The first kappa shape index (κ1) is 18.1. The second kappa shape index (κ2) is 8.63. The molecule has 0 aliphatic heterocycles. The van der Waals surface area contributed by atoms with Crippen LogP contribution in [-0.4, -0.2) is 25.8 Å². The average Bonchev–Trinajstić information content (AvgIpc) is 2.67. The highest BCUT2D eigenvalue weighted by atomic mass is 32.2. The molecule has 0 spiro atoms. The van der Waals surface area contributed by atoms with Gasteiger partial charge >= 0.3 is 0 Å². The lowest BCUT2D eigenvalue weighted by Crippen LogP contribution is -2.10. The number of sulfone groups is 1. The Morgan fingerprint density at radius 1 is 0.885 bits per heavy atom. The Kier molecular flexibility index (Phi) is 6.02. The molecule has 0 aliphatic carbocycles. The molecule has 5 heteroatoms.